The van der Waals surface area contributed by atoms with E-state index in [1.165, 1.54) is 0 Å². The molecule has 0 spiro atoms. The smallest absolute Gasteiger partial charge is 0.221 e. The molecule has 2 N–H and O–H groups in total. The third-order valence-electron chi connectivity index (χ3n) is 2.88. The number of furan rings is 1. The van der Waals surface area contributed by atoms with Gasteiger partial charge < -0.3 is 15.1 Å². The summed E-state index contributed by atoms with van der Waals surface area (Å²) < 4.78 is 5.68. The number of hydrogen-bond donors (Lipinski definition) is 2. The standard InChI is InChI=1S/C15H20N2O2/c1-2-8-17-15(18)7-9-16-11-13-10-12-5-3-4-6-14(12)19-13/h3-6,10,16H,2,7-9,11H2,1H3,(H,17,18). The van der Waals surface area contributed by atoms with Crippen LogP contribution >= 0.6 is 0 Å². The van der Waals surface area contributed by atoms with Crippen LogP contribution in [-0.4, -0.2) is 19.0 Å². The second kappa shape index (κ2) is 6.95. The predicted octanol–water partition coefficient (Wildman–Crippen LogP) is 2.44. The van der Waals surface area contributed by atoms with Gasteiger partial charge in [0.2, 0.25) is 5.91 Å². The number of nitrogens with one attached hydrogen (secondary N) is 2. The van der Waals surface area contributed by atoms with Crippen LogP contribution in [0, 0.1) is 0 Å². The summed E-state index contributed by atoms with van der Waals surface area (Å²) in [4.78, 5) is 11.4. The van der Waals surface area contributed by atoms with Crippen molar-refractivity contribution in [1.29, 1.82) is 0 Å². The van der Waals surface area contributed by atoms with Crippen molar-refractivity contribution >= 4 is 16.9 Å². The summed E-state index contributed by atoms with van der Waals surface area (Å²) in [6.07, 6.45) is 1.47. The predicted molar refractivity (Wildman–Crippen MR) is 75.8 cm³/mol. The van der Waals surface area contributed by atoms with Crippen LogP contribution in [0.4, 0.5) is 0 Å². The van der Waals surface area contributed by atoms with Crippen LogP contribution in [0.1, 0.15) is 25.5 Å². The van der Waals surface area contributed by atoms with E-state index in [9.17, 15) is 4.79 Å². The van der Waals surface area contributed by atoms with E-state index in [1.54, 1.807) is 0 Å². The molecule has 2 rings (SSSR count). The topological polar surface area (TPSA) is 54.3 Å². The van der Waals surface area contributed by atoms with Gasteiger partial charge >= 0.3 is 0 Å². The molecule has 0 saturated carbocycles. The van der Waals surface area contributed by atoms with Gasteiger partial charge in [-0.1, -0.05) is 25.1 Å². The highest BCUT2D eigenvalue weighted by Crippen LogP contribution is 2.18. The first-order valence-corrected chi connectivity index (χ1v) is 6.74. The van der Waals surface area contributed by atoms with Crippen LogP contribution in [-0.2, 0) is 11.3 Å². The molecule has 0 radical (unpaired) electrons. The summed E-state index contributed by atoms with van der Waals surface area (Å²) in [5.74, 6) is 0.995. The van der Waals surface area contributed by atoms with E-state index in [-0.39, 0.29) is 5.91 Å². The molecule has 0 aliphatic carbocycles. The van der Waals surface area contributed by atoms with Gasteiger partial charge in [0.05, 0.1) is 6.54 Å². The van der Waals surface area contributed by atoms with Crippen LogP contribution < -0.4 is 10.6 Å². The van der Waals surface area contributed by atoms with Crippen molar-refractivity contribution in [2.24, 2.45) is 0 Å². The normalized spacial score (nSPS) is 10.8. The van der Waals surface area contributed by atoms with E-state index in [1.807, 2.05) is 37.3 Å². The van der Waals surface area contributed by atoms with Gasteiger partial charge in [-0.25, -0.2) is 0 Å². The summed E-state index contributed by atoms with van der Waals surface area (Å²) in [5.41, 5.74) is 0.903. The number of carbonyl (C=O) groups excluding carboxylic acids is 1. The van der Waals surface area contributed by atoms with Gasteiger partial charge in [-0.15, -0.1) is 0 Å². The number of hydrogen-bond acceptors (Lipinski definition) is 3. The molecule has 1 aromatic heterocycles. The summed E-state index contributed by atoms with van der Waals surface area (Å²) in [6.45, 7) is 4.10. The SMILES string of the molecule is CCCNC(=O)CCNCc1cc2ccccc2o1. The largest absolute Gasteiger partial charge is 0.460 e. The lowest BCUT2D eigenvalue weighted by atomic mass is 10.2. The second-order valence-corrected chi connectivity index (χ2v) is 4.53. The van der Waals surface area contributed by atoms with E-state index in [0.29, 0.717) is 19.5 Å². The Morgan fingerprint density at radius 2 is 2.11 bits per heavy atom. The molecule has 0 fully saturated rings. The molecule has 2 aromatic rings. The van der Waals surface area contributed by atoms with Crippen molar-refractivity contribution in [3.63, 3.8) is 0 Å². The Morgan fingerprint density at radius 1 is 1.26 bits per heavy atom. The van der Waals surface area contributed by atoms with Gasteiger partial charge in [0.15, 0.2) is 0 Å². The van der Waals surface area contributed by atoms with Crippen LogP contribution in [0.5, 0.6) is 0 Å². The number of carbonyl (C=O) groups is 1. The first-order chi connectivity index (χ1) is 9.29. The van der Waals surface area contributed by atoms with Crippen molar-refractivity contribution in [1.82, 2.24) is 10.6 Å². The fourth-order valence-corrected chi connectivity index (χ4v) is 1.89. The fraction of sp³-hybridized carbons (Fsp3) is 0.400. The lowest BCUT2D eigenvalue weighted by Crippen LogP contribution is -2.27. The molecule has 0 saturated heterocycles. The first kappa shape index (κ1) is 13.6. The molecule has 0 bridgehead atoms. The molecule has 1 aromatic carbocycles. The Hall–Kier alpha value is -1.81. The maximum absolute atomic E-state index is 11.4. The molecule has 4 nitrogen and oxygen atoms in total. The molecule has 0 unspecified atom stereocenters. The van der Waals surface area contributed by atoms with Gasteiger partial charge in [-0.2, -0.15) is 0 Å². The maximum atomic E-state index is 11.4. The molecule has 0 atom stereocenters. The molecule has 1 amide bonds. The van der Waals surface area contributed by atoms with Gasteiger partial charge in [0.25, 0.3) is 0 Å². The Bertz CT molecular complexity index is 501. The Kier molecular flexibility index (Phi) is 4.98. The van der Waals surface area contributed by atoms with E-state index in [2.05, 4.69) is 10.6 Å². The fourth-order valence-electron chi connectivity index (χ4n) is 1.89. The van der Waals surface area contributed by atoms with E-state index >= 15 is 0 Å². The van der Waals surface area contributed by atoms with Crippen LogP contribution in [0.2, 0.25) is 0 Å². The monoisotopic (exact) mass is 260 g/mol. The minimum Gasteiger partial charge on any atom is -0.460 e. The number of benzene rings is 1. The van der Waals surface area contributed by atoms with Crippen molar-refractivity contribution in [3.05, 3.63) is 36.1 Å². The highest BCUT2D eigenvalue weighted by atomic mass is 16.3. The van der Waals surface area contributed by atoms with Crippen molar-refractivity contribution in [2.75, 3.05) is 13.1 Å². The Labute approximate surface area is 113 Å². The van der Waals surface area contributed by atoms with Crippen molar-refractivity contribution < 1.29 is 9.21 Å². The van der Waals surface area contributed by atoms with E-state index in [4.69, 9.17) is 4.42 Å². The lowest BCUT2D eigenvalue weighted by Gasteiger charge is -2.04. The van der Waals surface area contributed by atoms with Gasteiger partial charge in [0, 0.05) is 24.9 Å². The first-order valence-electron chi connectivity index (χ1n) is 6.74. The number of rotatable bonds is 7. The molecule has 4 heteroatoms. The Balaban J connectivity index is 1.72. The molecule has 1 heterocycles. The molecule has 102 valence electrons. The highest BCUT2D eigenvalue weighted by molar-refractivity contribution is 5.77. The summed E-state index contributed by atoms with van der Waals surface area (Å²) in [5, 5.41) is 7.18. The zero-order valence-electron chi connectivity index (χ0n) is 11.2. The van der Waals surface area contributed by atoms with Crippen LogP contribution in [0.25, 0.3) is 11.0 Å². The van der Waals surface area contributed by atoms with Gasteiger partial charge in [0.1, 0.15) is 11.3 Å². The third-order valence-corrected chi connectivity index (χ3v) is 2.88. The molecular formula is C15H20N2O2. The Morgan fingerprint density at radius 3 is 2.89 bits per heavy atom. The molecule has 19 heavy (non-hydrogen) atoms. The van der Waals surface area contributed by atoms with Crippen LogP contribution in [0.15, 0.2) is 34.7 Å². The molecular weight excluding hydrogens is 240 g/mol. The van der Waals surface area contributed by atoms with Crippen LogP contribution in [0.3, 0.4) is 0 Å². The zero-order valence-corrected chi connectivity index (χ0v) is 11.2. The average Bonchev–Trinajstić information content (AvgIpc) is 2.84. The summed E-state index contributed by atoms with van der Waals surface area (Å²) in [6, 6.07) is 9.96. The molecule has 0 aliphatic heterocycles. The minimum atomic E-state index is 0.0963. The molecule has 0 aliphatic rings. The van der Waals surface area contributed by atoms with Crippen molar-refractivity contribution in [3.8, 4) is 0 Å². The minimum absolute atomic E-state index is 0.0963. The van der Waals surface area contributed by atoms with E-state index < -0.39 is 0 Å². The second-order valence-electron chi connectivity index (χ2n) is 4.53. The maximum Gasteiger partial charge on any atom is 0.221 e. The number of fused-ring (bicyclic) bond motifs is 1. The highest BCUT2D eigenvalue weighted by Gasteiger charge is 2.03. The quantitative estimate of drug-likeness (QED) is 0.752. The summed E-state index contributed by atoms with van der Waals surface area (Å²) >= 11 is 0. The number of amides is 1. The summed E-state index contributed by atoms with van der Waals surface area (Å²) in [7, 11) is 0. The zero-order chi connectivity index (χ0) is 13.5. The average molecular weight is 260 g/mol. The van der Waals surface area contributed by atoms with Gasteiger partial charge in [-0.05, 0) is 18.6 Å². The van der Waals surface area contributed by atoms with Gasteiger partial charge in [-0.3, -0.25) is 4.79 Å². The third kappa shape index (κ3) is 4.10. The van der Waals surface area contributed by atoms with Crippen molar-refractivity contribution in [2.45, 2.75) is 26.3 Å². The van der Waals surface area contributed by atoms with E-state index in [0.717, 1.165) is 29.7 Å². The number of para-hydroxylation sites is 1. The lowest BCUT2D eigenvalue weighted by molar-refractivity contribution is -0.120.